The van der Waals surface area contributed by atoms with Crippen molar-refractivity contribution in [3.05, 3.63) is 34.1 Å². The molecule has 1 aromatic heterocycles. The monoisotopic (exact) mass is 393 g/mol. The number of nitrogens with zero attached hydrogens (tertiary/aromatic N) is 5. The number of benzene rings is 1. The van der Waals surface area contributed by atoms with Gasteiger partial charge in [-0.05, 0) is 34.6 Å². The highest BCUT2D eigenvalue weighted by atomic mass is 28.4. The van der Waals surface area contributed by atoms with Crippen molar-refractivity contribution < 1.29 is 19.2 Å². The van der Waals surface area contributed by atoms with Crippen LogP contribution in [0.3, 0.4) is 0 Å². The molecule has 0 fully saturated rings. The van der Waals surface area contributed by atoms with E-state index in [1.807, 2.05) is 0 Å². The van der Waals surface area contributed by atoms with Gasteiger partial charge in [0.15, 0.2) is 8.32 Å². The molecule has 2 heterocycles. The van der Waals surface area contributed by atoms with Crippen molar-refractivity contribution in [2.24, 2.45) is 0 Å². The molecule has 146 valence electrons. The Hall–Kier alpha value is -2.37. The molecule has 0 saturated carbocycles. The molecular formula is C16H23N5O5Si. The van der Waals surface area contributed by atoms with E-state index in [9.17, 15) is 15.2 Å². The number of nitro groups is 1. The zero-order valence-electron chi connectivity index (χ0n) is 16.0. The number of hydrogen-bond donors (Lipinski definition) is 1. The molecule has 3 rings (SSSR count). The van der Waals surface area contributed by atoms with Gasteiger partial charge >= 0.3 is 0 Å². The number of aliphatic hydroxyl groups is 1. The van der Waals surface area contributed by atoms with Gasteiger partial charge in [0.05, 0.1) is 18.1 Å². The Bertz CT molecular complexity index is 878. The van der Waals surface area contributed by atoms with Crippen molar-refractivity contribution in [1.82, 2.24) is 20.2 Å². The van der Waals surface area contributed by atoms with E-state index < -0.39 is 25.4 Å². The second-order valence-electron chi connectivity index (χ2n) is 8.13. The number of aliphatic hydroxyl groups excluding tert-OH is 1. The van der Waals surface area contributed by atoms with E-state index in [0.29, 0.717) is 11.4 Å². The molecule has 1 aliphatic rings. The van der Waals surface area contributed by atoms with Gasteiger partial charge in [-0.15, -0.1) is 5.10 Å². The number of nitro benzene ring substituents is 1. The van der Waals surface area contributed by atoms with Crippen LogP contribution in [-0.4, -0.2) is 51.8 Å². The summed E-state index contributed by atoms with van der Waals surface area (Å²) in [7, 11) is -2.13. The number of aromatic nitrogens is 4. The van der Waals surface area contributed by atoms with Crippen LogP contribution in [0.1, 0.15) is 26.6 Å². The van der Waals surface area contributed by atoms with E-state index in [0.717, 1.165) is 0 Å². The van der Waals surface area contributed by atoms with Crippen LogP contribution in [0.5, 0.6) is 5.75 Å². The Labute approximate surface area is 157 Å². The van der Waals surface area contributed by atoms with E-state index in [-0.39, 0.29) is 23.2 Å². The standard InChI is InChI=1S/C16H23N5O5Si/c1-15(2,3)27(4,5)25-10-16(9-22)14-17-18-19-20(14)12-8-11(21(23)24)6-7-13(12)26-16/h6-8,22H,9-10H2,1-5H3. The quantitative estimate of drug-likeness (QED) is 0.465. The van der Waals surface area contributed by atoms with Crippen molar-refractivity contribution in [2.75, 3.05) is 13.2 Å². The lowest BCUT2D eigenvalue weighted by molar-refractivity contribution is -0.384. The van der Waals surface area contributed by atoms with E-state index in [1.54, 1.807) is 0 Å². The minimum absolute atomic E-state index is 0.0250. The van der Waals surface area contributed by atoms with E-state index in [4.69, 9.17) is 9.16 Å². The summed E-state index contributed by atoms with van der Waals surface area (Å²) in [6.07, 6.45) is 0. The Morgan fingerprint density at radius 1 is 1.41 bits per heavy atom. The van der Waals surface area contributed by atoms with Gasteiger partial charge in [0.25, 0.3) is 5.69 Å². The number of hydrogen-bond acceptors (Lipinski definition) is 8. The van der Waals surface area contributed by atoms with Crippen LogP contribution in [0.25, 0.3) is 5.69 Å². The lowest BCUT2D eigenvalue weighted by Gasteiger charge is -2.41. The summed E-state index contributed by atoms with van der Waals surface area (Å²) in [5.74, 6) is 0.588. The zero-order valence-corrected chi connectivity index (χ0v) is 17.0. The third-order valence-corrected chi connectivity index (χ3v) is 9.77. The molecule has 1 aliphatic heterocycles. The first-order chi connectivity index (χ1) is 12.5. The summed E-state index contributed by atoms with van der Waals surface area (Å²) < 4.78 is 13.7. The smallest absolute Gasteiger partial charge is 0.271 e. The fourth-order valence-electron chi connectivity index (χ4n) is 2.52. The SMILES string of the molecule is CC(C)(C)[Si](C)(C)OCC1(CO)Oc2ccc([N+](=O)[O-])cc2-n2nnnc21. The van der Waals surface area contributed by atoms with E-state index in [2.05, 4.69) is 49.4 Å². The first-order valence-electron chi connectivity index (χ1n) is 8.52. The van der Waals surface area contributed by atoms with Crippen LogP contribution in [-0.2, 0) is 10.0 Å². The first-order valence-corrected chi connectivity index (χ1v) is 11.4. The lowest BCUT2D eigenvalue weighted by atomic mass is 10.0. The molecule has 1 atom stereocenters. The molecule has 0 bridgehead atoms. The Morgan fingerprint density at radius 3 is 2.70 bits per heavy atom. The molecule has 0 radical (unpaired) electrons. The Morgan fingerprint density at radius 2 is 2.11 bits per heavy atom. The van der Waals surface area contributed by atoms with Crippen molar-refractivity contribution in [2.45, 2.75) is 44.5 Å². The highest BCUT2D eigenvalue weighted by Crippen LogP contribution is 2.42. The molecule has 1 aromatic carbocycles. The predicted octanol–water partition coefficient (Wildman–Crippen LogP) is 2.17. The maximum Gasteiger partial charge on any atom is 0.271 e. The fraction of sp³-hybridized carbons (Fsp3) is 0.562. The third kappa shape index (κ3) is 3.22. The summed E-state index contributed by atoms with van der Waals surface area (Å²) in [5.41, 5.74) is -1.05. The fourth-order valence-corrected chi connectivity index (χ4v) is 3.54. The van der Waals surface area contributed by atoms with E-state index >= 15 is 0 Å². The largest absolute Gasteiger partial charge is 0.472 e. The molecule has 1 unspecified atom stereocenters. The van der Waals surface area contributed by atoms with Gasteiger partial charge in [0.1, 0.15) is 11.4 Å². The molecule has 0 saturated heterocycles. The number of fused-ring (bicyclic) bond motifs is 3. The molecule has 1 N–H and O–H groups in total. The minimum Gasteiger partial charge on any atom is -0.472 e. The van der Waals surface area contributed by atoms with Gasteiger partial charge in [-0.3, -0.25) is 10.1 Å². The zero-order chi connectivity index (χ0) is 20.0. The Balaban J connectivity index is 2.01. The number of tetrazole rings is 1. The van der Waals surface area contributed by atoms with Crippen molar-refractivity contribution >= 4 is 14.0 Å². The van der Waals surface area contributed by atoms with Crippen LogP contribution >= 0.6 is 0 Å². The summed E-state index contributed by atoms with van der Waals surface area (Å²) in [4.78, 5) is 10.6. The van der Waals surface area contributed by atoms with Gasteiger partial charge in [0, 0.05) is 12.1 Å². The van der Waals surface area contributed by atoms with Crippen LogP contribution in [0.2, 0.25) is 18.1 Å². The van der Waals surface area contributed by atoms with Gasteiger partial charge < -0.3 is 14.3 Å². The summed E-state index contributed by atoms with van der Waals surface area (Å²) in [5, 5.41) is 32.8. The van der Waals surface area contributed by atoms with Gasteiger partial charge in [-0.1, -0.05) is 20.8 Å². The Kier molecular flexibility index (Phi) is 4.56. The van der Waals surface area contributed by atoms with Crippen molar-refractivity contribution in [3.8, 4) is 11.4 Å². The number of rotatable bonds is 5. The van der Waals surface area contributed by atoms with E-state index in [1.165, 1.54) is 22.9 Å². The summed E-state index contributed by atoms with van der Waals surface area (Å²) in [6, 6.07) is 4.16. The predicted molar refractivity (Wildman–Crippen MR) is 98.3 cm³/mol. The molecule has 10 nitrogen and oxygen atoms in total. The highest BCUT2D eigenvalue weighted by Gasteiger charge is 2.48. The maximum atomic E-state index is 11.1. The van der Waals surface area contributed by atoms with Crippen LogP contribution in [0, 0.1) is 10.1 Å². The topological polar surface area (TPSA) is 125 Å². The van der Waals surface area contributed by atoms with Gasteiger partial charge in [0.2, 0.25) is 11.4 Å². The van der Waals surface area contributed by atoms with Crippen molar-refractivity contribution in [1.29, 1.82) is 0 Å². The normalized spacial score (nSPS) is 19.2. The molecule has 11 heteroatoms. The molecular weight excluding hydrogens is 370 g/mol. The van der Waals surface area contributed by atoms with Crippen LogP contribution in [0.15, 0.2) is 18.2 Å². The maximum absolute atomic E-state index is 11.1. The van der Waals surface area contributed by atoms with Crippen LogP contribution in [0.4, 0.5) is 5.69 Å². The molecule has 2 aromatic rings. The lowest BCUT2D eigenvalue weighted by Crippen LogP contribution is -2.51. The first kappa shape index (κ1) is 19.4. The number of non-ortho nitro benzene ring substituents is 1. The molecule has 27 heavy (non-hydrogen) atoms. The second kappa shape index (κ2) is 6.36. The summed E-state index contributed by atoms with van der Waals surface area (Å²) >= 11 is 0. The van der Waals surface area contributed by atoms with Gasteiger partial charge in [-0.2, -0.15) is 4.68 Å². The molecule has 0 spiro atoms. The average Bonchev–Trinajstić information content (AvgIpc) is 3.09. The minimum atomic E-state index is -2.13. The van der Waals surface area contributed by atoms with Crippen LogP contribution < -0.4 is 4.74 Å². The summed E-state index contributed by atoms with van der Waals surface area (Å²) in [6.45, 7) is 10.2. The molecule has 0 aliphatic carbocycles. The highest BCUT2D eigenvalue weighted by molar-refractivity contribution is 6.74. The molecule has 0 amide bonds. The van der Waals surface area contributed by atoms with Crippen molar-refractivity contribution in [3.63, 3.8) is 0 Å². The average molecular weight is 393 g/mol. The third-order valence-electron chi connectivity index (χ3n) is 5.29. The number of ether oxygens (including phenoxy) is 1. The van der Waals surface area contributed by atoms with Gasteiger partial charge in [-0.25, -0.2) is 0 Å². The second-order valence-corrected chi connectivity index (χ2v) is 12.9.